The van der Waals surface area contributed by atoms with Crippen LogP contribution in [0.25, 0.3) is 0 Å². The van der Waals surface area contributed by atoms with E-state index in [2.05, 4.69) is 15.6 Å². The number of thiazole rings is 1. The molecular weight excluding hydrogens is 480 g/mol. The van der Waals surface area contributed by atoms with E-state index in [0.717, 1.165) is 12.0 Å². The highest BCUT2D eigenvalue weighted by atomic mass is 32.1. The molecular formula is C26H30N4O5S. The predicted octanol–water partition coefficient (Wildman–Crippen LogP) is 2.78. The largest absolute Gasteiger partial charge is 0.497 e. The number of benzene rings is 2. The van der Waals surface area contributed by atoms with Gasteiger partial charge in [-0.15, -0.1) is 11.3 Å². The average molecular weight is 511 g/mol. The van der Waals surface area contributed by atoms with Crippen molar-refractivity contribution in [3.8, 4) is 5.75 Å². The molecule has 0 aliphatic carbocycles. The van der Waals surface area contributed by atoms with E-state index in [0.29, 0.717) is 28.7 Å². The molecule has 2 aromatic carbocycles. The van der Waals surface area contributed by atoms with Crippen molar-refractivity contribution in [2.75, 3.05) is 45.8 Å². The highest BCUT2D eigenvalue weighted by Gasteiger charge is 2.20. The summed E-state index contributed by atoms with van der Waals surface area (Å²) in [6.45, 7) is 0.913. The van der Waals surface area contributed by atoms with Gasteiger partial charge in [0.1, 0.15) is 12.3 Å². The minimum atomic E-state index is -0.388. The van der Waals surface area contributed by atoms with Crippen LogP contribution in [-0.2, 0) is 27.2 Å². The van der Waals surface area contributed by atoms with Crippen LogP contribution < -0.4 is 15.4 Å². The molecule has 2 N–H and O–H groups in total. The lowest BCUT2D eigenvalue weighted by Gasteiger charge is -2.21. The summed E-state index contributed by atoms with van der Waals surface area (Å²) in [7, 11) is 3.08. The molecule has 0 aliphatic rings. The maximum absolute atomic E-state index is 12.9. The van der Waals surface area contributed by atoms with E-state index in [1.807, 2.05) is 30.3 Å². The minimum Gasteiger partial charge on any atom is -0.497 e. The molecule has 3 aromatic rings. The molecule has 0 radical (unpaired) electrons. The van der Waals surface area contributed by atoms with Crippen LogP contribution in [0.4, 0.5) is 5.13 Å². The van der Waals surface area contributed by atoms with Gasteiger partial charge in [-0.2, -0.15) is 0 Å². The standard InChI is InChI=1S/C26H30N4O5S/c1-34-15-14-30(25(33)20-8-10-22(35-2)11-9-20)17-24(32)29-26-28-21(18-36-26)16-23(31)27-13-12-19-6-4-3-5-7-19/h3-11,18H,12-17H2,1-2H3,(H,27,31)(H,28,29,32). The van der Waals surface area contributed by atoms with Crippen molar-refractivity contribution in [2.45, 2.75) is 12.8 Å². The van der Waals surface area contributed by atoms with Gasteiger partial charge in [0.15, 0.2) is 5.13 Å². The Bertz CT molecular complexity index is 1130. The van der Waals surface area contributed by atoms with E-state index in [4.69, 9.17) is 9.47 Å². The van der Waals surface area contributed by atoms with Crippen LogP contribution in [-0.4, -0.2) is 68.1 Å². The summed E-state index contributed by atoms with van der Waals surface area (Å²) in [5.74, 6) is -0.180. The predicted molar refractivity (Wildman–Crippen MR) is 138 cm³/mol. The van der Waals surface area contributed by atoms with Crippen LogP contribution in [0.3, 0.4) is 0 Å². The Morgan fingerprint density at radius 2 is 1.75 bits per heavy atom. The number of anilines is 1. The molecule has 0 spiro atoms. The van der Waals surface area contributed by atoms with Gasteiger partial charge in [-0.1, -0.05) is 30.3 Å². The van der Waals surface area contributed by atoms with E-state index in [9.17, 15) is 14.4 Å². The quantitative estimate of drug-likeness (QED) is 0.366. The smallest absolute Gasteiger partial charge is 0.254 e. The molecule has 0 bridgehead atoms. The van der Waals surface area contributed by atoms with Gasteiger partial charge in [-0.05, 0) is 36.2 Å². The number of nitrogens with one attached hydrogen (secondary N) is 2. The normalized spacial score (nSPS) is 10.5. The van der Waals surface area contributed by atoms with Gasteiger partial charge in [-0.3, -0.25) is 14.4 Å². The molecule has 0 saturated heterocycles. The number of methoxy groups -OCH3 is 2. The third kappa shape index (κ3) is 8.47. The molecule has 3 rings (SSSR count). The second kappa shape index (κ2) is 14.0. The van der Waals surface area contributed by atoms with Crippen molar-refractivity contribution in [3.05, 3.63) is 76.8 Å². The van der Waals surface area contributed by atoms with Crippen LogP contribution in [0.2, 0.25) is 0 Å². The summed E-state index contributed by atoms with van der Waals surface area (Å²) in [5, 5.41) is 7.70. The third-order valence-corrected chi connectivity index (χ3v) is 6.05. The molecule has 0 fully saturated rings. The molecule has 0 unspecified atom stereocenters. The van der Waals surface area contributed by atoms with Gasteiger partial charge < -0.3 is 25.0 Å². The molecule has 1 aromatic heterocycles. The average Bonchev–Trinajstić information content (AvgIpc) is 3.33. The molecule has 3 amide bonds. The van der Waals surface area contributed by atoms with Crippen molar-refractivity contribution in [1.29, 1.82) is 0 Å². The second-order valence-electron chi connectivity index (χ2n) is 7.90. The Labute approximate surface area is 214 Å². The first-order valence-electron chi connectivity index (χ1n) is 11.5. The molecule has 0 saturated carbocycles. The SMILES string of the molecule is COCCN(CC(=O)Nc1nc(CC(=O)NCCc2ccccc2)cs1)C(=O)c1ccc(OC)cc1. The van der Waals surface area contributed by atoms with Crippen LogP contribution in [0.5, 0.6) is 5.75 Å². The van der Waals surface area contributed by atoms with Crippen LogP contribution in [0.1, 0.15) is 21.6 Å². The van der Waals surface area contributed by atoms with Gasteiger partial charge in [0.25, 0.3) is 5.91 Å². The van der Waals surface area contributed by atoms with Crippen molar-refractivity contribution in [1.82, 2.24) is 15.2 Å². The number of carbonyl (C=O) groups excluding carboxylic acids is 3. The van der Waals surface area contributed by atoms with Crippen LogP contribution in [0.15, 0.2) is 60.0 Å². The van der Waals surface area contributed by atoms with Gasteiger partial charge in [0.2, 0.25) is 11.8 Å². The fraction of sp³-hybridized carbons (Fsp3) is 0.308. The zero-order chi connectivity index (χ0) is 25.8. The molecule has 190 valence electrons. The Morgan fingerprint density at radius 1 is 1.00 bits per heavy atom. The van der Waals surface area contributed by atoms with Crippen LogP contribution >= 0.6 is 11.3 Å². The first-order valence-corrected chi connectivity index (χ1v) is 12.3. The summed E-state index contributed by atoms with van der Waals surface area (Å²) >= 11 is 1.23. The first kappa shape index (κ1) is 26.8. The van der Waals surface area contributed by atoms with Gasteiger partial charge in [0, 0.05) is 31.1 Å². The monoisotopic (exact) mass is 510 g/mol. The Hall–Kier alpha value is -3.76. The van der Waals surface area contributed by atoms with E-state index < -0.39 is 0 Å². The number of hydrogen-bond acceptors (Lipinski definition) is 7. The topological polar surface area (TPSA) is 110 Å². The van der Waals surface area contributed by atoms with Gasteiger partial charge >= 0.3 is 0 Å². The van der Waals surface area contributed by atoms with Gasteiger partial charge in [-0.25, -0.2) is 4.98 Å². The van der Waals surface area contributed by atoms with Gasteiger partial charge in [0.05, 0.1) is 25.8 Å². The Morgan fingerprint density at radius 3 is 2.44 bits per heavy atom. The van der Waals surface area contributed by atoms with Crippen molar-refractivity contribution >= 4 is 34.2 Å². The van der Waals surface area contributed by atoms with E-state index in [1.54, 1.807) is 36.8 Å². The maximum atomic E-state index is 12.9. The first-order chi connectivity index (χ1) is 17.5. The number of rotatable bonds is 13. The maximum Gasteiger partial charge on any atom is 0.254 e. The molecule has 9 nitrogen and oxygen atoms in total. The fourth-order valence-corrected chi connectivity index (χ4v) is 4.09. The fourth-order valence-electron chi connectivity index (χ4n) is 3.37. The van der Waals surface area contributed by atoms with Crippen molar-refractivity contribution in [3.63, 3.8) is 0 Å². The minimum absolute atomic E-state index is 0.122. The molecule has 36 heavy (non-hydrogen) atoms. The van der Waals surface area contributed by atoms with Crippen LogP contribution in [0, 0.1) is 0 Å². The van der Waals surface area contributed by atoms with E-state index in [-0.39, 0.29) is 43.8 Å². The summed E-state index contributed by atoms with van der Waals surface area (Å²) in [6, 6.07) is 16.6. The molecule has 0 atom stereocenters. The summed E-state index contributed by atoms with van der Waals surface area (Å²) < 4.78 is 10.2. The highest BCUT2D eigenvalue weighted by Crippen LogP contribution is 2.17. The van der Waals surface area contributed by atoms with Crippen molar-refractivity contribution in [2.24, 2.45) is 0 Å². The zero-order valence-corrected chi connectivity index (χ0v) is 21.2. The number of aromatic nitrogens is 1. The Balaban J connectivity index is 1.50. The number of amides is 3. The van der Waals surface area contributed by atoms with E-state index >= 15 is 0 Å². The van der Waals surface area contributed by atoms with Crippen molar-refractivity contribution < 1.29 is 23.9 Å². The van der Waals surface area contributed by atoms with E-state index in [1.165, 1.54) is 23.3 Å². The second-order valence-corrected chi connectivity index (χ2v) is 8.76. The third-order valence-electron chi connectivity index (χ3n) is 5.24. The number of hydrogen-bond donors (Lipinski definition) is 2. The summed E-state index contributed by atoms with van der Waals surface area (Å²) in [5.41, 5.74) is 2.16. The summed E-state index contributed by atoms with van der Waals surface area (Å²) in [4.78, 5) is 43.6. The summed E-state index contributed by atoms with van der Waals surface area (Å²) in [6.07, 6.45) is 0.872. The highest BCUT2D eigenvalue weighted by molar-refractivity contribution is 7.13. The lowest BCUT2D eigenvalue weighted by Crippen LogP contribution is -2.40. The lowest BCUT2D eigenvalue weighted by molar-refractivity contribution is -0.120. The lowest BCUT2D eigenvalue weighted by atomic mass is 10.1. The number of nitrogens with zero attached hydrogens (tertiary/aromatic N) is 2. The Kier molecular flexibility index (Phi) is 10.4. The number of carbonyl (C=O) groups is 3. The molecule has 0 aliphatic heterocycles. The molecule has 1 heterocycles. The zero-order valence-electron chi connectivity index (χ0n) is 20.4. The number of ether oxygens (including phenoxy) is 2. The molecule has 10 heteroatoms.